The maximum absolute atomic E-state index is 10.7. The van der Waals surface area contributed by atoms with Gasteiger partial charge in [-0.15, -0.1) is 0 Å². The minimum atomic E-state index is -3.10. The Kier molecular flexibility index (Phi) is 1.28. The van der Waals surface area contributed by atoms with Crippen molar-refractivity contribution in [3.05, 3.63) is 0 Å². The van der Waals surface area contributed by atoms with Crippen molar-refractivity contribution in [1.29, 1.82) is 5.26 Å². The van der Waals surface area contributed by atoms with E-state index in [0.717, 1.165) is 6.26 Å². The number of hydrogen-bond acceptors (Lipinski definition) is 4. The highest BCUT2D eigenvalue weighted by Crippen LogP contribution is 2.38. The summed E-state index contributed by atoms with van der Waals surface area (Å²) in [4.78, 5) is 0. The van der Waals surface area contributed by atoms with E-state index in [1.165, 1.54) is 0 Å². The molecule has 1 aliphatic rings. The van der Waals surface area contributed by atoms with Gasteiger partial charge < -0.3 is 5.73 Å². The van der Waals surface area contributed by atoms with E-state index in [2.05, 4.69) is 0 Å². The van der Waals surface area contributed by atoms with Crippen LogP contribution in [0.4, 0.5) is 0 Å². The smallest absolute Gasteiger partial charge is 0.153 e. The lowest BCUT2D eigenvalue weighted by molar-refractivity contribution is 0.598. The van der Waals surface area contributed by atoms with Crippen molar-refractivity contribution in [2.75, 3.05) is 6.26 Å². The van der Waals surface area contributed by atoms with Gasteiger partial charge >= 0.3 is 0 Å². The zero-order valence-corrected chi connectivity index (χ0v) is 6.35. The predicted octanol–water partition coefficient (Wildman–Crippen LogP) is -0.976. The van der Waals surface area contributed by atoms with Gasteiger partial charge in [0.1, 0.15) is 5.54 Å². The van der Waals surface area contributed by atoms with Crippen LogP contribution in [-0.2, 0) is 9.84 Å². The summed E-state index contributed by atoms with van der Waals surface area (Å²) < 4.78 is 21.5. The topological polar surface area (TPSA) is 83.9 Å². The Balaban J connectivity index is 2.83. The summed E-state index contributed by atoms with van der Waals surface area (Å²) in [7, 11) is -3.10. The Labute approximate surface area is 59.6 Å². The minimum absolute atomic E-state index is 0.280. The van der Waals surface area contributed by atoms with Crippen LogP contribution in [0.25, 0.3) is 0 Å². The zero-order chi connectivity index (χ0) is 7.99. The van der Waals surface area contributed by atoms with Crippen molar-refractivity contribution >= 4 is 9.84 Å². The summed E-state index contributed by atoms with van der Waals surface area (Å²) in [5, 5.41) is 7.73. The van der Waals surface area contributed by atoms with Crippen molar-refractivity contribution in [2.45, 2.75) is 17.2 Å². The fourth-order valence-corrected chi connectivity index (χ4v) is 2.29. The summed E-state index contributed by atoms with van der Waals surface area (Å²) in [5.74, 6) is 0. The molecule has 56 valence electrons. The molecule has 0 heterocycles. The van der Waals surface area contributed by atoms with E-state index in [4.69, 9.17) is 11.0 Å². The van der Waals surface area contributed by atoms with Gasteiger partial charge in [-0.25, -0.2) is 8.42 Å². The third-order valence-electron chi connectivity index (χ3n) is 1.66. The standard InChI is InChI=1S/C5H8N2O2S/c1-10(8,9)4-2-5(4,7)3-6/h4H,2,7H2,1H3/t4-,5+/m1/s1. The van der Waals surface area contributed by atoms with Gasteiger partial charge in [0, 0.05) is 6.26 Å². The van der Waals surface area contributed by atoms with E-state index in [1.807, 2.05) is 0 Å². The van der Waals surface area contributed by atoms with Crippen LogP contribution in [0.1, 0.15) is 6.42 Å². The molecule has 0 saturated heterocycles. The Morgan fingerprint density at radius 2 is 2.30 bits per heavy atom. The molecule has 0 aliphatic heterocycles. The van der Waals surface area contributed by atoms with Gasteiger partial charge in [0.15, 0.2) is 9.84 Å². The lowest BCUT2D eigenvalue weighted by Gasteiger charge is -1.96. The van der Waals surface area contributed by atoms with Crippen LogP contribution >= 0.6 is 0 Å². The van der Waals surface area contributed by atoms with Crippen molar-refractivity contribution < 1.29 is 8.42 Å². The number of sulfone groups is 1. The van der Waals surface area contributed by atoms with E-state index in [1.54, 1.807) is 6.07 Å². The molecule has 0 radical (unpaired) electrons. The third kappa shape index (κ3) is 1.00. The van der Waals surface area contributed by atoms with Crippen molar-refractivity contribution in [1.82, 2.24) is 0 Å². The fourth-order valence-electron chi connectivity index (χ4n) is 0.899. The normalized spacial score (nSPS) is 38.7. The molecule has 2 N–H and O–H groups in total. The second-order valence-corrected chi connectivity index (χ2v) is 4.90. The Morgan fingerprint density at radius 1 is 1.80 bits per heavy atom. The first kappa shape index (κ1) is 7.51. The van der Waals surface area contributed by atoms with Gasteiger partial charge in [-0.05, 0) is 6.42 Å². The molecule has 5 heteroatoms. The van der Waals surface area contributed by atoms with Crippen LogP contribution in [0, 0.1) is 11.3 Å². The van der Waals surface area contributed by atoms with Crippen LogP contribution in [0.3, 0.4) is 0 Å². The highest BCUT2D eigenvalue weighted by Gasteiger charge is 2.58. The second kappa shape index (κ2) is 1.71. The van der Waals surface area contributed by atoms with Crippen LogP contribution in [0.2, 0.25) is 0 Å². The van der Waals surface area contributed by atoms with Crippen LogP contribution in [0.5, 0.6) is 0 Å². The molecular weight excluding hydrogens is 152 g/mol. The summed E-state index contributed by atoms with van der Waals surface area (Å²) in [6, 6.07) is 1.77. The van der Waals surface area contributed by atoms with E-state index >= 15 is 0 Å². The monoisotopic (exact) mass is 160 g/mol. The lowest BCUT2D eigenvalue weighted by Crippen LogP contribution is -2.27. The number of nitriles is 1. The molecular formula is C5H8N2O2S. The van der Waals surface area contributed by atoms with Crippen LogP contribution in [0.15, 0.2) is 0 Å². The van der Waals surface area contributed by atoms with E-state index in [9.17, 15) is 8.42 Å². The highest BCUT2D eigenvalue weighted by molar-refractivity contribution is 7.91. The third-order valence-corrected chi connectivity index (χ3v) is 3.28. The molecule has 0 amide bonds. The molecule has 10 heavy (non-hydrogen) atoms. The molecule has 1 saturated carbocycles. The fraction of sp³-hybridized carbons (Fsp3) is 0.800. The molecule has 1 rings (SSSR count). The van der Waals surface area contributed by atoms with E-state index in [0.29, 0.717) is 0 Å². The molecule has 0 spiro atoms. The molecule has 4 nitrogen and oxygen atoms in total. The van der Waals surface area contributed by atoms with Crippen molar-refractivity contribution in [2.24, 2.45) is 5.73 Å². The average molecular weight is 160 g/mol. The molecule has 0 aromatic rings. The van der Waals surface area contributed by atoms with Crippen LogP contribution < -0.4 is 5.73 Å². The lowest BCUT2D eigenvalue weighted by atomic mass is 10.3. The summed E-state index contributed by atoms with van der Waals surface area (Å²) >= 11 is 0. The number of hydrogen-bond donors (Lipinski definition) is 1. The number of nitrogens with zero attached hydrogens (tertiary/aromatic N) is 1. The SMILES string of the molecule is CS(=O)(=O)[C@@H]1C[C@]1(N)C#N. The summed E-state index contributed by atoms with van der Waals surface area (Å²) in [6.45, 7) is 0. The summed E-state index contributed by atoms with van der Waals surface area (Å²) in [6.07, 6.45) is 1.38. The van der Waals surface area contributed by atoms with Crippen LogP contribution in [-0.4, -0.2) is 25.5 Å². The first-order valence-electron chi connectivity index (χ1n) is 2.79. The molecule has 0 bridgehead atoms. The van der Waals surface area contributed by atoms with Gasteiger partial charge in [0.25, 0.3) is 0 Å². The molecule has 0 aromatic heterocycles. The highest BCUT2D eigenvalue weighted by atomic mass is 32.2. The molecule has 1 fully saturated rings. The van der Waals surface area contributed by atoms with Gasteiger partial charge in [0.2, 0.25) is 0 Å². The number of rotatable bonds is 1. The van der Waals surface area contributed by atoms with Gasteiger partial charge in [0.05, 0.1) is 11.3 Å². The van der Waals surface area contributed by atoms with E-state index < -0.39 is 20.6 Å². The molecule has 1 aliphatic carbocycles. The van der Waals surface area contributed by atoms with E-state index in [-0.39, 0.29) is 6.42 Å². The maximum atomic E-state index is 10.7. The molecule has 0 aromatic carbocycles. The van der Waals surface area contributed by atoms with Crippen molar-refractivity contribution in [3.8, 4) is 6.07 Å². The number of nitrogens with two attached hydrogens (primary N) is 1. The quantitative estimate of drug-likeness (QED) is 0.534. The first-order valence-corrected chi connectivity index (χ1v) is 4.74. The minimum Gasteiger partial charge on any atom is -0.312 e. The van der Waals surface area contributed by atoms with Gasteiger partial charge in [-0.2, -0.15) is 5.26 Å². The largest absolute Gasteiger partial charge is 0.312 e. The summed E-state index contributed by atoms with van der Waals surface area (Å²) in [5.41, 5.74) is 4.25. The van der Waals surface area contributed by atoms with Gasteiger partial charge in [-0.3, -0.25) is 0 Å². The Morgan fingerprint density at radius 3 is 2.40 bits per heavy atom. The predicted molar refractivity (Wildman–Crippen MR) is 35.8 cm³/mol. The average Bonchev–Trinajstić information content (AvgIpc) is 2.43. The Bertz CT molecular complexity index is 289. The first-order chi connectivity index (χ1) is 4.40. The van der Waals surface area contributed by atoms with Crippen molar-refractivity contribution in [3.63, 3.8) is 0 Å². The Hall–Kier alpha value is -0.600. The second-order valence-electron chi connectivity index (χ2n) is 2.67. The molecule has 0 unspecified atom stereocenters. The maximum Gasteiger partial charge on any atom is 0.153 e. The van der Waals surface area contributed by atoms with Gasteiger partial charge in [-0.1, -0.05) is 0 Å². The molecule has 2 atom stereocenters. The zero-order valence-electron chi connectivity index (χ0n) is 5.53.